The van der Waals surface area contributed by atoms with Crippen molar-refractivity contribution in [2.75, 3.05) is 24.9 Å². The number of carbonyl (C=O) groups is 1. The Balaban J connectivity index is 0.000000602. The Morgan fingerprint density at radius 3 is 2.24 bits per heavy atom. The number of benzene rings is 1. The summed E-state index contributed by atoms with van der Waals surface area (Å²) < 4.78 is 21.9. The van der Waals surface area contributed by atoms with Gasteiger partial charge in [-0.05, 0) is 93.1 Å². The van der Waals surface area contributed by atoms with Crippen molar-refractivity contribution in [3.8, 4) is 0 Å². The second-order valence-corrected chi connectivity index (χ2v) is 10.4. The summed E-state index contributed by atoms with van der Waals surface area (Å²) >= 11 is 3.20. The monoisotopic (exact) mass is 546 g/mol. The molecule has 1 aliphatic heterocycles. The number of nitrogens with zero attached hydrogens (tertiary/aromatic N) is 2. The van der Waals surface area contributed by atoms with Crippen molar-refractivity contribution in [3.05, 3.63) is 29.3 Å². The van der Waals surface area contributed by atoms with Crippen LogP contribution in [0.4, 0.5) is 4.79 Å². The van der Waals surface area contributed by atoms with Crippen LogP contribution in [-0.4, -0.2) is 51.6 Å². The van der Waals surface area contributed by atoms with Crippen LogP contribution in [0, 0.1) is 6.92 Å². The van der Waals surface area contributed by atoms with E-state index >= 15 is 0 Å². The summed E-state index contributed by atoms with van der Waals surface area (Å²) in [6.07, 6.45) is 4.98. The molecule has 2 rings (SSSR count). The lowest BCUT2D eigenvalue weighted by atomic mass is 10.0. The van der Waals surface area contributed by atoms with Crippen LogP contribution in [-0.2, 0) is 20.3 Å². The first kappa shape index (κ1) is 31.6. The second-order valence-electron chi connectivity index (χ2n) is 8.58. The maximum absolute atomic E-state index is 11.5. The maximum Gasteiger partial charge on any atom is 0.410 e. The molecular weight excluding hydrogens is 504 g/mol. The zero-order chi connectivity index (χ0) is 25.6. The van der Waals surface area contributed by atoms with Gasteiger partial charge in [0.2, 0.25) is 0 Å². The number of rotatable bonds is 4. The molecule has 0 bridgehead atoms. The van der Waals surface area contributed by atoms with Crippen LogP contribution < -0.4 is 0 Å². The molecule has 0 saturated carbocycles. The van der Waals surface area contributed by atoms with Crippen LogP contribution in [0.1, 0.15) is 84.9 Å². The number of carbonyl (C=O) groups excluding carboxylic acids is 1. The lowest BCUT2D eigenvalue weighted by Crippen LogP contribution is -2.39. The van der Waals surface area contributed by atoms with Gasteiger partial charge in [0.25, 0.3) is 0 Å². The highest BCUT2D eigenvalue weighted by Crippen LogP contribution is 2.23. The Morgan fingerprint density at radius 1 is 1.21 bits per heavy atom. The predicted octanol–water partition coefficient (Wildman–Crippen LogP) is 7.01. The minimum atomic E-state index is -0.941. The lowest BCUT2D eigenvalue weighted by molar-refractivity contribution is 0.0216. The fourth-order valence-corrected chi connectivity index (χ4v) is 4.09. The zero-order valence-electron chi connectivity index (χ0n) is 21.9. The maximum atomic E-state index is 11.5. The van der Waals surface area contributed by atoms with Gasteiger partial charge in [0.05, 0.1) is 6.04 Å². The van der Waals surface area contributed by atoms with Crippen molar-refractivity contribution in [2.45, 2.75) is 91.2 Å². The Kier molecular flexibility index (Phi) is 15.6. The molecule has 8 heteroatoms. The number of alkyl halides is 1. The molecule has 0 aromatic heterocycles. The van der Waals surface area contributed by atoms with E-state index in [1.807, 2.05) is 73.6 Å². The molecule has 0 spiro atoms. The van der Waals surface area contributed by atoms with E-state index in [1.165, 1.54) is 6.42 Å². The average Bonchev–Trinajstić information content (AvgIpc) is 2.75. The first-order chi connectivity index (χ1) is 15.4. The molecule has 1 aromatic carbocycles. The minimum Gasteiger partial charge on any atom is -0.470 e. The number of aryl methyl sites for hydroxylation is 1. The minimum absolute atomic E-state index is 0.0309. The van der Waals surface area contributed by atoms with Gasteiger partial charge >= 0.3 is 6.09 Å². The van der Waals surface area contributed by atoms with Gasteiger partial charge in [0.1, 0.15) is 11.1 Å². The summed E-state index contributed by atoms with van der Waals surface area (Å²) in [5, 5.41) is 0. The third-order valence-corrected chi connectivity index (χ3v) is 5.82. The third kappa shape index (κ3) is 13.2. The fourth-order valence-electron chi connectivity index (χ4n) is 3.16. The molecule has 1 aromatic rings. The Bertz CT molecular complexity index is 772. The average molecular weight is 548 g/mol. The van der Waals surface area contributed by atoms with Crippen LogP contribution >= 0.6 is 15.9 Å². The van der Waals surface area contributed by atoms with Gasteiger partial charge in [-0.2, -0.15) is 0 Å². The van der Waals surface area contributed by atoms with Crippen LogP contribution in [0.5, 0.6) is 0 Å². The smallest absolute Gasteiger partial charge is 0.410 e. The molecule has 1 heterocycles. The number of aliphatic imine (C=N–C) groups is 1. The van der Waals surface area contributed by atoms with Gasteiger partial charge < -0.3 is 14.4 Å². The van der Waals surface area contributed by atoms with Crippen molar-refractivity contribution in [2.24, 2.45) is 4.99 Å². The number of piperidine rings is 1. The van der Waals surface area contributed by atoms with Gasteiger partial charge in [-0.25, -0.2) is 9.79 Å². The predicted molar refractivity (Wildman–Crippen MR) is 143 cm³/mol. The molecule has 0 radical (unpaired) electrons. The first-order valence-electron chi connectivity index (χ1n) is 11.6. The Labute approximate surface area is 212 Å². The van der Waals surface area contributed by atoms with Crippen molar-refractivity contribution >= 4 is 38.7 Å². The van der Waals surface area contributed by atoms with Gasteiger partial charge in [0.15, 0.2) is 5.90 Å². The van der Waals surface area contributed by atoms with Gasteiger partial charge in [-0.15, -0.1) is 0 Å². The van der Waals surface area contributed by atoms with Gasteiger partial charge in [-0.3, -0.25) is 4.21 Å². The lowest BCUT2D eigenvalue weighted by Gasteiger charge is -2.29. The summed E-state index contributed by atoms with van der Waals surface area (Å²) in [5.41, 5.74) is 2.31. The standard InChI is InChI=1S/C13H18BrNO2S.C10H19NO2.C2H6/c1-9-7-12(18(4)16)5-6-13(9)10(2)15-11(3)17-8-14;1-10(2,3)13-9(12)11-7-5-4-6-8-11;1-2/h5-7,10H,8H2,1-4H3;4-8H2,1-3H3;1-2H3. The molecule has 2 unspecified atom stereocenters. The fraction of sp³-hybridized carbons (Fsp3) is 0.680. The molecule has 2 atom stereocenters. The summed E-state index contributed by atoms with van der Waals surface area (Å²) in [5.74, 6) is 0.655. The number of ether oxygens (including phenoxy) is 2. The van der Waals surface area contributed by atoms with Crippen molar-refractivity contribution in [1.82, 2.24) is 4.90 Å². The molecule has 0 aliphatic carbocycles. The van der Waals surface area contributed by atoms with E-state index in [1.54, 1.807) is 11.2 Å². The van der Waals surface area contributed by atoms with E-state index in [0.29, 0.717) is 11.4 Å². The Morgan fingerprint density at radius 2 is 1.79 bits per heavy atom. The molecule has 190 valence electrons. The normalized spacial score (nSPS) is 15.8. The molecule has 0 N–H and O–H groups in total. The van der Waals surface area contributed by atoms with E-state index < -0.39 is 10.8 Å². The number of hydrogen-bond donors (Lipinski definition) is 0. The highest BCUT2D eigenvalue weighted by atomic mass is 79.9. The van der Waals surface area contributed by atoms with E-state index in [9.17, 15) is 9.00 Å². The SMILES string of the molecule is CC.CC(=NC(C)c1ccc(S(C)=O)cc1C)OCBr.CC(C)(C)OC(=O)N1CCCCC1. The molecule has 1 amide bonds. The molecule has 1 fully saturated rings. The van der Waals surface area contributed by atoms with Gasteiger partial charge in [0, 0.05) is 42.0 Å². The quantitative estimate of drug-likeness (QED) is 0.231. The number of halogens is 1. The third-order valence-electron chi connectivity index (χ3n) is 4.67. The Hall–Kier alpha value is -1.41. The summed E-state index contributed by atoms with van der Waals surface area (Å²) in [6.45, 7) is 17.3. The molecule has 6 nitrogen and oxygen atoms in total. The largest absolute Gasteiger partial charge is 0.470 e. The van der Waals surface area contributed by atoms with E-state index in [0.717, 1.165) is 42.0 Å². The highest BCUT2D eigenvalue weighted by Gasteiger charge is 2.22. The summed E-state index contributed by atoms with van der Waals surface area (Å²) in [6, 6.07) is 5.87. The second kappa shape index (κ2) is 16.3. The number of amides is 1. The highest BCUT2D eigenvalue weighted by molar-refractivity contribution is 9.09. The van der Waals surface area contributed by atoms with Crippen molar-refractivity contribution in [1.29, 1.82) is 0 Å². The molecule has 1 saturated heterocycles. The number of hydrogen-bond acceptors (Lipinski definition) is 5. The van der Waals surface area contributed by atoms with Crippen molar-refractivity contribution < 1.29 is 18.5 Å². The van der Waals surface area contributed by atoms with Crippen LogP contribution in [0.25, 0.3) is 0 Å². The van der Waals surface area contributed by atoms with E-state index in [-0.39, 0.29) is 17.7 Å². The van der Waals surface area contributed by atoms with E-state index in [2.05, 4.69) is 20.9 Å². The number of likely N-dealkylation sites (tertiary alicyclic amines) is 1. The summed E-state index contributed by atoms with van der Waals surface area (Å²) in [4.78, 5) is 18.6. The van der Waals surface area contributed by atoms with Crippen LogP contribution in [0.2, 0.25) is 0 Å². The van der Waals surface area contributed by atoms with Crippen LogP contribution in [0.15, 0.2) is 28.1 Å². The van der Waals surface area contributed by atoms with Crippen molar-refractivity contribution in [3.63, 3.8) is 0 Å². The molecule has 33 heavy (non-hydrogen) atoms. The van der Waals surface area contributed by atoms with Crippen LogP contribution in [0.3, 0.4) is 0 Å². The molecule has 1 aliphatic rings. The zero-order valence-corrected chi connectivity index (χ0v) is 24.3. The first-order valence-corrected chi connectivity index (χ1v) is 14.3. The topological polar surface area (TPSA) is 68.2 Å². The molecular formula is C25H43BrN2O4S. The summed E-state index contributed by atoms with van der Waals surface area (Å²) in [7, 11) is -0.941. The van der Waals surface area contributed by atoms with E-state index in [4.69, 9.17) is 9.47 Å². The van der Waals surface area contributed by atoms with Gasteiger partial charge in [-0.1, -0.05) is 19.9 Å².